The number of halogens is 24. The number of esters is 1. The Kier molecular flexibility index (Phi) is 16.3. The number of nitrogens with zero attached hydrogens (tertiary/aromatic N) is 1. The number of aromatic nitrogens is 1. The molecule has 1 aromatic heterocycles. The molecule has 0 unspecified atom stereocenters. The molecule has 0 N–H and O–H groups in total. The van der Waals surface area contributed by atoms with E-state index in [2.05, 4.69) is 0 Å². The Balaban J connectivity index is 0.000000483. The number of hydrogen-bond donors (Lipinski definition) is 0. The minimum Gasteiger partial charge on any atom is -0.458 e. The molecule has 6 aromatic rings. The molecule has 0 fully saturated rings. The zero-order valence-corrected chi connectivity index (χ0v) is 37.0. The van der Waals surface area contributed by atoms with Gasteiger partial charge in [-0.15, -0.1) is 0 Å². The highest BCUT2D eigenvalue weighted by Gasteiger charge is 2.47. The van der Waals surface area contributed by atoms with Gasteiger partial charge in [-0.05, 0) is 37.3 Å². The van der Waals surface area contributed by atoms with Crippen LogP contribution in [0.1, 0.15) is 67.5 Å². The number of ether oxygens (including phenoxy) is 1. The van der Waals surface area contributed by atoms with Crippen molar-refractivity contribution in [2.45, 2.75) is 62.9 Å². The van der Waals surface area contributed by atoms with Crippen molar-refractivity contribution in [2.24, 2.45) is 0 Å². The molecule has 0 aliphatic heterocycles. The SMILES string of the molecule is CCOC(=O)c1cccc[n+]1Cc1ccccc1.FC(F)(F)c1cc([B-](c2cc(C(F)(F)F)cc(C(F)(F)F)c2)(c2cc(C(F)(F)F)cc(C(F)(F)F)c2)c2cc(C(F)(F)F)cc(C(F)(F)F)c2)cc(C(F)(F)F)c1. The molecule has 75 heavy (non-hydrogen) atoms. The van der Waals surface area contributed by atoms with Crippen LogP contribution in [0.15, 0.2) is 128 Å². The Hall–Kier alpha value is -6.90. The van der Waals surface area contributed by atoms with Crippen LogP contribution in [0, 0.1) is 0 Å². The molecule has 3 nitrogen and oxygen atoms in total. The lowest BCUT2D eigenvalue weighted by atomic mass is 9.12. The van der Waals surface area contributed by atoms with Crippen molar-refractivity contribution in [3.8, 4) is 0 Å². The first kappa shape index (κ1) is 59.0. The van der Waals surface area contributed by atoms with Crippen LogP contribution < -0.4 is 26.4 Å². The highest BCUT2D eigenvalue weighted by Crippen LogP contribution is 2.41. The van der Waals surface area contributed by atoms with Crippen LogP contribution in [0.2, 0.25) is 0 Å². The lowest BCUT2D eigenvalue weighted by Gasteiger charge is -2.46. The van der Waals surface area contributed by atoms with Crippen LogP contribution in [0.5, 0.6) is 0 Å². The largest absolute Gasteiger partial charge is 0.458 e. The summed E-state index contributed by atoms with van der Waals surface area (Å²) in [5.74, 6) is -0.283. The summed E-state index contributed by atoms with van der Waals surface area (Å²) in [5.41, 5.74) is -28.5. The molecule has 0 radical (unpaired) electrons. The summed E-state index contributed by atoms with van der Waals surface area (Å²) in [5, 5.41) is 0. The van der Waals surface area contributed by atoms with Gasteiger partial charge in [-0.2, -0.15) is 132 Å². The van der Waals surface area contributed by atoms with Gasteiger partial charge < -0.3 is 4.74 Å². The first-order valence-electron chi connectivity index (χ1n) is 20.6. The van der Waals surface area contributed by atoms with E-state index in [9.17, 15) is 110 Å². The Morgan fingerprint density at radius 2 is 0.640 bits per heavy atom. The molecule has 0 atom stereocenters. The fourth-order valence-electron chi connectivity index (χ4n) is 7.86. The van der Waals surface area contributed by atoms with E-state index in [1.165, 1.54) is 0 Å². The van der Waals surface area contributed by atoms with Gasteiger partial charge in [0.25, 0.3) is 5.69 Å². The second-order valence-electron chi connectivity index (χ2n) is 16.1. The molecule has 0 saturated heterocycles. The zero-order valence-electron chi connectivity index (χ0n) is 37.0. The van der Waals surface area contributed by atoms with Gasteiger partial charge in [0.2, 0.25) is 0 Å². The Bertz CT molecular complexity index is 2560. The molecule has 0 bridgehead atoms. The molecule has 0 saturated carbocycles. The summed E-state index contributed by atoms with van der Waals surface area (Å²) in [6.07, 6.45) is -52.9. The van der Waals surface area contributed by atoms with E-state index >= 15 is 0 Å². The Morgan fingerprint density at radius 3 is 0.880 bits per heavy atom. The highest BCUT2D eigenvalue weighted by molar-refractivity contribution is 7.20. The first-order valence-corrected chi connectivity index (χ1v) is 20.6. The van der Waals surface area contributed by atoms with Crippen LogP contribution >= 0.6 is 0 Å². The summed E-state index contributed by atoms with van der Waals surface area (Å²) < 4.78 is 348. The first-order chi connectivity index (χ1) is 34.1. The van der Waals surface area contributed by atoms with Gasteiger partial charge in [-0.1, -0.05) is 78.9 Å². The number of alkyl halides is 24. The summed E-state index contributed by atoms with van der Waals surface area (Å²) in [6, 6.07) is 6.75. The van der Waals surface area contributed by atoms with Gasteiger partial charge in [-0.25, -0.2) is 4.79 Å². The van der Waals surface area contributed by atoms with E-state index in [1.807, 2.05) is 60.2 Å². The average Bonchev–Trinajstić information content (AvgIpc) is 3.27. The number of carbonyl (C=O) groups excluding carboxylic acids is 1. The smallest absolute Gasteiger partial charge is 0.416 e. The van der Waals surface area contributed by atoms with Gasteiger partial charge in [0.1, 0.15) is 6.15 Å². The van der Waals surface area contributed by atoms with Gasteiger partial charge in [0, 0.05) is 17.7 Å². The topological polar surface area (TPSA) is 30.2 Å². The summed E-state index contributed by atoms with van der Waals surface area (Å²) in [4.78, 5) is 11.8. The van der Waals surface area contributed by atoms with Crippen molar-refractivity contribution in [3.05, 3.63) is 183 Å². The predicted molar refractivity (Wildman–Crippen MR) is 218 cm³/mol. The average molecular weight is 1110 g/mol. The van der Waals surface area contributed by atoms with Crippen LogP contribution in [0.4, 0.5) is 105 Å². The lowest BCUT2D eigenvalue weighted by molar-refractivity contribution is -0.690. The maximum Gasteiger partial charge on any atom is 0.416 e. The van der Waals surface area contributed by atoms with Crippen molar-refractivity contribution in [1.82, 2.24) is 0 Å². The molecular formula is C47H28BF24NO2. The van der Waals surface area contributed by atoms with Crippen molar-refractivity contribution in [2.75, 3.05) is 6.61 Å². The summed E-state index contributed by atoms with van der Waals surface area (Å²) in [6.45, 7) is 2.86. The molecule has 404 valence electrons. The predicted octanol–water partition coefficient (Wildman–Crippen LogP) is 13.4. The quantitative estimate of drug-likeness (QED) is 0.0658. The number of carbonyl (C=O) groups is 1. The van der Waals surface area contributed by atoms with E-state index in [-0.39, 0.29) is 5.97 Å². The fourth-order valence-corrected chi connectivity index (χ4v) is 7.86. The fraction of sp³-hybridized carbons (Fsp3) is 0.234. The number of benzene rings is 5. The van der Waals surface area contributed by atoms with Crippen molar-refractivity contribution >= 4 is 34.0 Å². The zero-order chi connectivity index (χ0) is 56.7. The number of hydrogen-bond acceptors (Lipinski definition) is 2. The molecule has 0 aliphatic carbocycles. The van der Waals surface area contributed by atoms with Crippen molar-refractivity contribution in [3.63, 3.8) is 0 Å². The Morgan fingerprint density at radius 1 is 0.387 bits per heavy atom. The molecule has 5 aromatic carbocycles. The van der Waals surface area contributed by atoms with Gasteiger partial charge >= 0.3 is 55.4 Å². The van der Waals surface area contributed by atoms with Crippen molar-refractivity contribution < 1.29 is 119 Å². The molecule has 0 aliphatic rings. The molecule has 1 heterocycles. The Labute approximate surface area is 405 Å². The molecule has 0 spiro atoms. The van der Waals surface area contributed by atoms with E-state index in [4.69, 9.17) is 4.74 Å². The normalized spacial score (nSPS) is 13.3. The van der Waals surface area contributed by atoms with E-state index in [0.717, 1.165) is 5.56 Å². The van der Waals surface area contributed by atoms with Crippen LogP contribution in [-0.2, 0) is 60.7 Å². The standard InChI is InChI=1S/C32H12BF24.C15H16NO2/c34-25(35,36)13-1-14(26(37,38)39)6-21(5-13)33(22-7-15(27(40,41)42)2-16(8-22)28(43,44)45,23-9-17(29(46,47)48)3-18(10-23)30(49,50)51)24-11-19(31(52,53)54)4-20(12-24)32(55,56)57;1-2-18-15(17)14-10-6-7-11-16(14)12-13-8-4-3-5-9-13/h1-12H;3-11H,2,12H2,1H3/q-1;+1. The minimum absolute atomic E-state index is 0.283. The van der Waals surface area contributed by atoms with Crippen LogP contribution in [0.3, 0.4) is 0 Å². The van der Waals surface area contributed by atoms with Crippen LogP contribution in [-0.4, -0.2) is 18.7 Å². The number of pyridine rings is 1. The third kappa shape index (κ3) is 13.9. The molecular weight excluding hydrogens is 1080 g/mol. The van der Waals surface area contributed by atoms with E-state index in [1.54, 1.807) is 6.07 Å². The minimum atomic E-state index is -6.13. The van der Waals surface area contributed by atoms with E-state index in [0.29, 0.717) is 18.8 Å². The summed E-state index contributed by atoms with van der Waals surface area (Å²) >= 11 is 0. The molecule has 6 rings (SSSR count). The maximum atomic E-state index is 14.2. The molecule has 28 heteroatoms. The second kappa shape index (κ2) is 20.7. The second-order valence-corrected chi connectivity index (χ2v) is 16.1. The maximum absolute atomic E-state index is 14.2. The van der Waals surface area contributed by atoms with Gasteiger partial charge in [-0.3, -0.25) is 0 Å². The third-order valence-corrected chi connectivity index (χ3v) is 11.1. The lowest BCUT2D eigenvalue weighted by Crippen LogP contribution is -2.75. The van der Waals surface area contributed by atoms with Crippen molar-refractivity contribution in [1.29, 1.82) is 0 Å². The third-order valence-electron chi connectivity index (χ3n) is 11.1. The van der Waals surface area contributed by atoms with E-state index < -0.39 is 195 Å². The molecule has 0 amide bonds. The van der Waals surface area contributed by atoms with Crippen LogP contribution in [0.25, 0.3) is 0 Å². The van der Waals surface area contributed by atoms with Gasteiger partial charge in [0.15, 0.2) is 12.7 Å². The monoisotopic (exact) mass is 1110 g/mol. The number of rotatable bonds is 8. The summed E-state index contributed by atoms with van der Waals surface area (Å²) in [7, 11) is 0. The van der Waals surface area contributed by atoms with Gasteiger partial charge in [0.05, 0.1) is 51.1 Å². The highest BCUT2D eigenvalue weighted by atomic mass is 19.4.